The van der Waals surface area contributed by atoms with Crippen molar-refractivity contribution in [3.05, 3.63) is 35.9 Å². The summed E-state index contributed by atoms with van der Waals surface area (Å²) in [5.74, 6) is 0. The van der Waals surface area contributed by atoms with Crippen molar-refractivity contribution in [3.63, 3.8) is 0 Å². The zero-order chi connectivity index (χ0) is 13.4. The Morgan fingerprint density at radius 2 is 1.56 bits per heavy atom. The zero-order valence-corrected chi connectivity index (χ0v) is 12.8. The van der Waals surface area contributed by atoms with E-state index >= 15 is 0 Å². The van der Waals surface area contributed by atoms with Crippen LogP contribution in [0, 0.1) is 0 Å². The van der Waals surface area contributed by atoms with E-state index in [1.807, 2.05) is 6.07 Å². The highest BCUT2D eigenvalue weighted by molar-refractivity contribution is 6.62. The topological polar surface area (TPSA) is 27.7 Å². The Balaban J connectivity index is 2.87. The van der Waals surface area contributed by atoms with Crippen LogP contribution in [0.25, 0.3) is 0 Å². The van der Waals surface area contributed by atoms with E-state index in [0.717, 1.165) is 19.3 Å². The number of benzene rings is 1. The summed E-state index contributed by atoms with van der Waals surface area (Å²) >= 11 is 0. The molecule has 4 heteroatoms. The molecule has 0 aliphatic heterocycles. The zero-order valence-electron chi connectivity index (χ0n) is 11.8. The molecule has 0 aromatic heterocycles. The molecule has 0 saturated heterocycles. The second-order valence-corrected chi connectivity index (χ2v) is 7.64. The maximum atomic E-state index is 5.62. The first-order chi connectivity index (χ1) is 8.72. The molecule has 3 nitrogen and oxygen atoms in total. The highest BCUT2D eigenvalue weighted by Crippen LogP contribution is 2.32. The predicted molar refractivity (Wildman–Crippen MR) is 75.6 cm³/mol. The van der Waals surface area contributed by atoms with Gasteiger partial charge in [-0.25, -0.2) is 0 Å². The van der Waals surface area contributed by atoms with Gasteiger partial charge in [-0.3, -0.25) is 0 Å². The van der Waals surface area contributed by atoms with E-state index in [-0.39, 0.29) is 0 Å². The number of hydrogen-bond acceptors (Lipinski definition) is 3. The molecule has 1 unspecified atom stereocenters. The maximum absolute atomic E-state index is 5.62. The highest BCUT2D eigenvalue weighted by atomic mass is 28.4. The molecule has 0 radical (unpaired) electrons. The summed E-state index contributed by atoms with van der Waals surface area (Å²) in [4.78, 5) is 0. The first kappa shape index (κ1) is 15.4. The molecule has 0 aliphatic carbocycles. The molecule has 0 heterocycles. The fraction of sp³-hybridized carbons (Fsp3) is 0.571. The van der Waals surface area contributed by atoms with Crippen LogP contribution < -0.4 is 0 Å². The van der Waals surface area contributed by atoms with Gasteiger partial charge in [-0.05, 0) is 18.4 Å². The minimum Gasteiger partial charge on any atom is -0.377 e. The fourth-order valence-electron chi connectivity index (χ4n) is 2.40. The van der Waals surface area contributed by atoms with Crippen molar-refractivity contribution in [1.29, 1.82) is 0 Å². The van der Waals surface area contributed by atoms with E-state index in [2.05, 4.69) is 31.2 Å². The summed E-state index contributed by atoms with van der Waals surface area (Å²) < 4.78 is 16.9. The van der Waals surface area contributed by atoms with Crippen molar-refractivity contribution in [2.45, 2.75) is 31.7 Å². The number of hydrogen-bond donors (Lipinski definition) is 0. The maximum Gasteiger partial charge on any atom is 0.503 e. The van der Waals surface area contributed by atoms with E-state index in [1.54, 1.807) is 21.3 Å². The van der Waals surface area contributed by atoms with Crippen molar-refractivity contribution in [1.82, 2.24) is 0 Å². The minimum absolute atomic E-state index is 0.310. The van der Waals surface area contributed by atoms with Crippen molar-refractivity contribution in [3.8, 4) is 0 Å². The Labute approximate surface area is 111 Å². The lowest BCUT2D eigenvalue weighted by Gasteiger charge is -2.32. The predicted octanol–water partition coefficient (Wildman–Crippen LogP) is 3.28. The summed E-state index contributed by atoms with van der Waals surface area (Å²) in [7, 11) is 2.51. The van der Waals surface area contributed by atoms with Gasteiger partial charge in [0.15, 0.2) is 0 Å². The third kappa shape index (κ3) is 3.65. The van der Waals surface area contributed by atoms with Crippen molar-refractivity contribution < 1.29 is 13.3 Å². The normalized spacial score (nSPS) is 13.6. The Morgan fingerprint density at radius 1 is 1.00 bits per heavy atom. The van der Waals surface area contributed by atoms with Gasteiger partial charge in [0, 0.05) is 26.9 Å². The molecule has 1 rings (SSSR count). The molecule has 0 saturated carbocycles. The van der Waals surface area contributed by atoms with Gasteiger partial charge < -0.3 is 13.3 Å². The Hall–Kier alpha value is -0.683. The third-order valence-electron chi connectivity index (χ3n) is 3.32. The second kappa shape index (κ2) is 7.69. The van der Waals surface area contributed by atoms with E-state index in [4.69, 9.17) is 13.3 Å². The second-order valence-electron chi connectivity index (χ2n) is 4.39. The Morgan fingerprint density at radius 3 is 2.00 bits per heavy atom. The van der Waals surface area contributed by atoms with Crippen LogP contribution >= 0.6 is 0 Å². The van der Waals surface area contributed by atoms with Crippen LogP contribution in [0.2, 0.25) is 5.54 Å². The molecule has 102 valence electrons. The van der Waals surface area contributed by atoms with Gasteiger partial charge in [-0.15, -0.1) is 0 Å². The monoisotopic (exact) mass is 268 g/mol. The van der Waals surface area contributed by atoms with Crippen LogP contribution in [-0.2, 0) is 19.7 Å². The SMILES string of the molecule is CCCC(Cc1ccccc1)[Si](OC)(OC)OC. The molecule has 0 spiro atoms. The Kier molecular flexibility index (Phi) is 6.57. The van der Waals surface area contributed by atoms with Gasteiger partial charge >= 0.3 is 8.80 Å². The Bertz CT molecular complexity index is 317. The van der Waals surface area contributed by atoms with E-state index in [9.17, 15) is 0 Å². The summed E-state index contributed by atoms with van der Waals surface area (Å²) in [6.45, 7) is 2.18. The van der Waals surface area contributed by atoms with Gasteiger partial charge in [-0.2, -0.15) is 0 Å². The quantitative estimate of drug-likeness (QED) is 0.677. The summed E-state index contributed by atoms with van der Waals surface area (Å²) in [6.07, 6.45) is 3.09. The van der Waals surface area contributed by atoms with Gasteiger partial charge in [0.2, 0.25) is 0 Å². The van der Waals surface area contributed by atoms with Crippen LogP contribution in [-0.4, -0.2) is 30.1 Å². The lowest BCUT2D eigenvalue weighted by molar-refractivity contribution is 0.109. The molecule has 1 aromatic carbocycles. The summed E-state index contributed by atoms with van der Waals surface area (Å²) in [6, 6.07) is 10.4. The molecular formula is C14H24O3Si. The van der Waals surface area contributed by atoms with Crippen LogP contribution in [0.3, 0.4) is 0 Å². The first-order valence-electron chi connectivity index (χ1n) is 6.41. The smallest absolute Gasteiger partial charge is 0.377 e. The molecule has 1 atom stereocenters. The van der Waals surface area contributed by atoms with E-state index in [0.29, 0.717) is 5.54 Å². The van der Waals surface area contributed by atoms with Gasteiger partial charge in [0.05, 0.1) is 0 Å². The molecular weight excluding hydrogens is 244 g/mol. The van der Waals surface area contributed by atoms with E-state index in [1.165, 1.54) is 5.56 Å². The van der Waals surface area contributed by atoms with Crippen molar-refractivity contribution >= 4 is 8.80 Å². The molecule has 0 bridgehead atoms. The van der Waals surface area contributed by atoms with Crippen LogP contribution in [0.5, 0.6) is 0 Å². The lowest BCUT2D eigenvalue weighted by Crippen LogP contribution is -2.48. The fourth-order valence-corrected chi connectivity index (χ4v) is 5.03. The standard InChI is InChI=1S/C14H24O3Si/c1-5-9-14(18(15-2,16-3)17-4)12-13-10-7-6-8-11-13/h6-8,10-11,14H,5,9,12H2,1-4H3. The average Bonchev–Trinajstić information content (AvgIpc) is 2.43. The van der Waals surface area contributed by atoms with Gasteiger partial charge in [0.1, 0.15) is 0 Å². The summed E-state index contributed by atoms with van der Waals surface area (Å²) in [5.41, 5.74) is 1.61. The molecule has 0 N–H and O–H groups in total. The molecule has 18 heavy (non-hydrogen) atoms. The van der Waals surface area contributed by atoms with Crippen LogP contribution in [0.1, 0.15) is 25.3 Å². The third-order valence-corrected chi connectivity index (χ3v) is 6.52. The highest BCUT2D eigenvalue weighted by Gasteiger charge is 2.46. The number of rotatable bonds is 8. The molecule has 0 amide bonds. The van der Waals surface area contributed by atoms with Crippen molar-refractivity contribution in [2.75, 3.05) is 21.3 Å². The van der Waals surface area contributed by atoms with E-state index < -0.39 is 8.80 Å². The lowest BCUT2D eigenvalue weighted by atomic mass is 10.1. The van der Waals surface area contributed by atoms with Gasteiger partial charge in [-0.1, -0.05) is 43.7 Å². The molecule has 0 fully saturated rings. The summed E-state index contributed by atoms with van der Waals surface area (Å²) in [5, 5.41) is 0. The molecule has 1 aromatic rings. The first-order valence-corrected chi connectivity index (χ1v) is 8.22. The molecule has 0 aliphatic rings. The minimum atomic E-state index is -2.55. The average molecular weight is 268 g/mol. The van der Waals surface area contributed by atoms with Crippen LogP contribution in [0.15, 0.2) is 30.3 Å². The largest absolute Gasteiger partial charge is 0.503 e. The van der Waals surface area contributed by atoms with Crippen molar-refractivity contribution in [2.24, 2.45) is 0 Å². The van der Waals surface area contributed by atoms with Crippen LogP contribution in [0.4, 0.5) is 0 Å². The van der Waals surface area contributed by atoms with Gasteiger partial charge in [0.25, 0.3) is 0 Å².